The summed E-state index contributed by atoms with van der Waals surface area (Å²) in [6.07, 6.45) is 0. The van der Waals surface area contributed by atoms with Crippen LogP contribution in [0.1, 0.15) is 10.4 Å². The van der Waals surface area contributed by atoms with E-state index in [1.165, 1.54) is 38.5 Å². The maximum absolute atomic E-state index is 12.1. The number of methoxy groups -OCH3 is 2. The summed E-state index contributed by atoms with van der Waals surface area (Å²) in [5, 5.41) is 16.0. The zero-order valence-electron chi connectivity index (χ0n) is 13.4. The molecule has 25 heavy (non-hydrogen) atoms. The number of thiocarbonyl (C=S) groups is 1. The second-order valence-electron chi connectivity index (χ2n) is 4.78. The van der Waals surface area contributed by atoms with Crippen molar-refractivity contribution in [2.45, 2.75) is 0 Å². The lowest BCUT2D eigenvalue weighted by Crippen LogP contribution is -2.34. The summed E-state index contributed by atoms with van der Waals surface area (Å²) < 4.78 is 10.3. The third kappa shape index (κ3) is 4.64. The highest BCUT2D eigenvalue weighted by atomic mass is 32.1. The lowest BCUT2D eigenvalue weighted by molar-refractivity contribution is -0.384. The molecule has 130 valence electrons. The van der Waals surface area contributed by atoms with Gasteiger partial charge in [0.1, 0.15) is 11.5 Å². The van der Waals surface area contributed by atoms with Crippen LogP contribution in [0.15, 0.2) is 42.5 Å². The van der Waals surface area contributed by atoms with E-state index in [1.54, 1.807) is 18.2 Å². The first kappa shape index (κ1) is 18.1. The highest BCUT2D eigenvalue weighted by Gasteiger charge is 2.12. The van der Waals surface area contributed by atoms with Gasteiger partial charge in [-0.25, -0.2) is 0 Å². The number of nitro groups is 1. The third-order valence-electron chi connectivity index (χ3n) is 3.22. The van der Waals surface area contributed by atoms with Gasteiger partial charge in [0, 0.05) is 23.8 Å². The van der Waals surface area contributed by atoms with Gasteiger partial charge in [-0.2, -0.15) is 0 Å². The van der Waals surface area contributed by atoms with Gasteiger partial charge in [0.15, 0.2) is 5.11 Å². The molecule has 0 heterocycles. The molecule has 0 atom stereocenters. The number of benzene rings is 2. The molecule has 2 rings (SSSR count). The Morgan fingerprint density at radius 3 is 2.36 bits per heavy atom. The van der Waals surface area contributed by atoms with Crippen LogP contribution in [-0.2, 0) is 0 Å². The molecule has 0 aliphatic rings. The molecule has 0 bridgehead atoms. The quantitative estimate of drug-likeness (QED) is 0.479. The lowest BCUT2D eigenvalue weighted by Gasteiger charge is -2.13. The standard InChI is InChI=1S/C16H15N3O5S/c1-23-12-7-8-13(14(9-12)24-2)17-16(25)18-15(20)10-3-5-11(6-4-10)19(21)22/h3-9H,1-2H3,(H2,17,18,20,25). The van der Waals surface area contributed by atoms with Crippen LogP contribution in [0.2, 0.25) is 0 Å². The van der Waals surface area contributed by atoms with Crippen LogP contribution >= 0.6 is 12.2 Å². The first-order valence-electron chi connectivity index (χ1n) is 7.03. The van der Waals surface area contributed by atoms with Gasteiger partial charge in [-0.3, -0.25) is 20.2 Å². The van der Waals surface area contributed by atoms with E-state index in [2.05, 4.69) is 10.6 Å². The molecule has 0 saturated heterocycles. The van der Waals surface area contributed by atoms with Crippen molar-refractivity contribution in [3.63, 3.8) is 0 Å². The molecule has 0 saturated carbocycles. The number of carbonyl (C=O) groups excluding carboxylic acids is 1. The van der Waals surface area contributed by atoms with E-state index >= 15 is 0 Å². The predicted molar refractivity (Wildman–Crippen MR) is 96.3 cm³/mol. The topological polar surface area (TPSA) is 103 Å². The molecular formula is C16H15N3O5S. The summed E-state index contributed by atoms with van der Waals surface area (Å²) in [7, 11) is 3.04. The minimum atomic E-state index is -0.538. The van der Waals surface area contributed by atoms with Gasteiger partial charge in [-0.15, -0.1) is 0 Å². The third-order valence-corrected chi connectivity index (χ3v) is 3.43. The molecule has 9 heteroatoms. The largest absolute Gasteiger partial charge is 0.497 e. The molecule has 0 unspecified atom stereocenters. The SMILES string of the molecule is COc1ccc(NC(=S)NC(=O)c2ccc([N+](=O)[O-])cc2)c(OC)c1. The summed E-state index contributed by atoms with van der Waals surface area (Å²) in [6, 6.07) is 10.3. The Balaban J connectivity index is 2.04. The summed E-state index contributed by atoms with van der Waals surface area (Å²) in [4.78, 5) is 22.2. The Morgan fingerprint density at radius 2 is 1.80 bits per heavy atom. The van der Waals surface area contributed by atoms with Crippen LogP contribution in [0.4, 0.5) is 11.4 Å². The number of anilines is 1. The number of nitrogens with zero attached hydrogens (tertiary/aromatic N) is 1. The molecule has 2 aromatic rings. The molecule has 0 aromatic heterocycles. The fourth-order valence-corrected chi connectivity index (χ4v) is 2.17. The van der Waals surface area contributed by atoms with Crippen molar-refractivity contribution >= 4 is 34.6 Å². The van der Waals surface area contributed by atoms with E-state index in [0.29, 0.717) is 17.2 Å². The van der Waals surface area contributed by atoms with Gasteiger partial charge in [0.05, 0.1) is 24.8 Å². The second-order valence-corrected chi connectivity index (χ2v) is 5.19. The highest BCUT2D eigenvalue weighted by Crippen LogP contribution is 2.28. The Bertz CT molecular complexity index is 808. The smallest absolute Gasteiger partial charge is 0.269 e. The van der Waals surface area contributed by atoms with E-state index in [-0.39, 0.29) is 16.4 Å². The lowest BCUT2D eigenvalue weighted by atomic mass is 10.2. The number of non-ortho nitro benzene ring substituents is 1. The Labute approximate surface area is 148 Å². The van der Waals surface area contributed by atoms with Crippen LogP contribution in [0.25, 0.3) is 0 Å². The van der Waals surface area contributed by atoms with Gasteiger partial charge in [-0.1, -0.05) is 0 Å². The predicted octanol–water partition coefficient (Wildman–Crippen LogP) is 2.74. The van der Waals surface area contributed by atoms with Crippen molar-refractivity contribution in [2.24, 2.45) is 0 Å². The van der Waals surface area contributed by atoms with Crippen LogP contribution in [-0.4, -0.2) is 30.2 Å². The van der Waals surface area contributed by atoms with E-state index in [9.17, 15) is 14.9 Å². The fraction of sp³-hybridized carbons (Fsp3) is 0.125. The zero-order valence-corrected chi connectivity index (χ0v) is 14.3. The fourth-order valence-electron chi connectivity index (χ4n) is 1.97. The normalized spacial score (nSPS) is 9.84. The average Bonchev–Trinajstić information content (AvgIpc) is 2.61. The van der Waals surface area contributed by atoms with Gasteiger partial charge in [0.2, 0.25) is 0 Å². The van der Waals surface area contributed by atoms with E-state index in [0.717, 1.165) is 0 Å². The monoisotopic (exact) mass is 361 g/mol. The van der Waals surface area contributed by atoms with Gasteiger partial charge >= 0.3 is 0 Å². The molecular weight excluding hydrogens is 346 g/mol. The molecule has 2 aromatic carbocycles. The van der Waals surface area contributed by atoms with Crippen LogP contribution in [0, 0.1) is 10.1 Å². The highest BCUT2D eigenvalue weighted by molar-refractivity contribution is 7.80. The molecule has 0 aliphatic heterocycles. The molecule has 1 amide bonds. The van der Waals surface area contributed by atoms with Crippen LogP contribution in [0.5, 0.6) is 11.5 Å². The zero-order chi connectivity index (χ0) is 18.4. The number of carbonyl (C=O) groups is 1. The second kappa shape index (κ2) is 8.06. The number of hydrogen-bond donors (Lipinski definition) is 2. The van der Waals surface area contributed by atoms with Crippen LogP contribution in [0.3, 0.4) is 0 Å². The van der Waals surface area contributed by atoms with Gasteiger partial charge in [0.25, 0.3) is 11.6 Å². The summed E-state index contributed by atoms with van der Waals surface area (Å²) in [6.45, 7) is 0. The maximum atomic E-state index is 12.1. The molecule has 0 fully saturated rings. The Morgan fingerprint density at radius 1 is 1.12 bits per heavy atom. The number of rotatable bonds is 5. The Kier molecular flexibility index (Phi) is 5.85. The molecule has 0 spiro atoms. The summed E-state index contributed by atoms with van der Waals surface area (Å²) in [5.74, 6) is 0.620. The van der Waals surface area contributed by atoms with E-state index < -0.39 is 10.8 Å². The molecule has 8 nitrogen and oxygen atoms in total. The summed E-state index contributed by atoms with van der Waals surface area (Å²) >= 11 is 5.11. The number of hydrogen-bond acceptors (Lipinski definition) is 6. The van der Waals surface area contributed by atoms with Crippen molar-refractivity contribution in [1.29, 1.82) is 0 Å². The number of nitro benzene ring substituents is 1. The summed E-state index contributed by atoms with van der Waals surface area (Å²) in [5.41, 5.74) is 0.703. The van der Waals surface area contributed by atoms with Gasteiger partial charge < -0.3 is 14.8 Å². The van der Waals surface area contributed by atoms with E-state index in [1.807, 2.05) is 0 Å². The van der Waals surface area contributed by atoms with Crippen molar-refractivity contribution in [1.82, 2.24) is 5.32 Å². The molecule has 0 aliphatic carbocycles. The van der Waals surface area contributed by atoms with E-state index in [4.69, 9.17) is 21.7 Å². The maximum Gasteiger partial charge on any atom is 0.269 e. The minimum Gasteiger partial charge on any atom is -0.497 e. The number of nitrogens with one attached hydrogen (secondary N) is 2. The van der Waals surface area contributed by atoms with Crippen molar-refractivity contribution in [3.05, 3.63) is 58.1 Å². The van der Waals surface area contributed by atoms with Crippen molar-refractivity contribution in [3.8, 4) is 11.5 Å². The average molecular weight is 361 g/mol. The van der Waals surface area contributed by atoms with Crippen molar-refractivity contribution in [2.75, 3.05) is 19.5 Å². The van der Waals surface area contributed by atoms with Crippen molar-refractivity contribution < 1.29 is 19.2 Å². The first-order chi connectivity index (χ1) is 11.9. The van der Waals surface area contributed by atoms with Crippen LogP contribution < -0.4 is 20.1 Å². The number of amides is 1. The molecule has 2 N–H and O–H groups in total. The Hall–Kier alpha value is -3.20. The van der Waals surface area contributed by atoms with Gasteiger partial charge in [-0.05, 0) is 36.5 Å². The minimum absolute atomic E-state index is 0.0619. The number of ether oxygens (including phenoxy) is 2. The first-order valence-corrected chi connectivity index (χ1v) is 7.44. The molecule has 0 radical (unpaired) electrons.